The van der Waals surface area contributed by atoms with Crippen molar-refractivity contribution in [2.45, 2.75) is 52.4 Å². The van der Waals surface area contributed by atoms with Crippen molar-refractivity contribution < 1.29 is 28.6 Å². The number of nitrogens with zero attached hydrogens (tertiary/aromatic N) is 2. The SMILES string of the molecule is CCCCC(=O)Oc1ccc(/N=N/c2ccc(OC(=O)CCCC)c(C(=O)Oc3ccc(-c4cc(=S)ss4)cc3)c2)cc1. The Balaban J connectivity index is 1.50. The first-order valence-corrected chi connectivity index (χ1v) is 16.4. The maximum absolute atomic E-state index is 13.3. The van der Waals surface area contributed by atoms with Gasteiger partial charge in [0.1, 0.15) is 26.6 Å². The van der Waals surface area contributed by atoms with E-state index in [1.165, 1.54) is 22.5 Å². The minimum atomic E-state index is -0.705. The van der Waals surface area contributed by atoms with Crippen LogP contribution in [0.15, 0.2) is 83.0 Å². The van der Waals surface area contributed by atoms with Crippen LogP contribution in [-0.4, -0.2) is 17.9 Å². The number of rotatable bonds is 13. The lowest BCUT2D eigenvalue weighted by atomic mass is 10.1. The van der Waals surface area contributed by atoms with Gasteiger partial charge in [-0.15, -0.1) is 0 Å². The second-order valence-electron chi connectivity index (χ2n) is 9.44. The molecule has 43 heavy (non-hydrogen) atoms. The normalized spacial score (nSPS) is 10.9. The van der Waals surface area contributed by atoms with Crippen LogP contribution >= 0.6 is 32.9 Å². The molecule has 0 aliphatic rings. The number of hydrogen-bond donors (Lipinski definition) is 0. The fourth-order valence-electron chi connectivity index (χ4n) is 3.75. The number of benzene rings is 3. The largest absolute Gasteiger partial charge is 0.427 e. The van der Waals surface area contributed by atoms with Crippen LogP contribution in [0.2, 0.25) is 0 Å². The first-order valence-electron chi connectivity index (χ1n) is 13.8. The Morgan fingerprint density at radius 1 is 0.698 bits per heavy atom. The third kappa shape index (κ3) is 9.74. The summed E-state index contributed by atoms with van der Waals surface area (Å²) >= 11 is 5.22. The monoisotopic (exact) mass is 634 g/mol. The summed E-state index contributed by atoms with van der Waals surface area (Å²) in [5, 5.41) is 8.46. The van der Waals surface area contributed by atoms with E-state index >= 15 is 0 Å². The van der Waals surface area contributed by atoms with Gasteiger partial charge in [-0.2, -0.15) is 10.2 Å². The summed E-state index contributed by atoms with van der Waals surface area (Å²) in [6, 6.07) is 20.2. The third-order valence-corrected chi connectivity index (χ3v) is 8.95. The van der Waals surface area contributed by atoms with Crippen molar-refractivity contribution in [2.75, 3.05) is 0 Å². The molecule has 1 heterocycles. The molecule has 0 radical (unpaired) electrons. The fourth-order valence-corrected chi connectivity index (χ4v) is 6.15. The minimum absolute atomic E-state index is 0.0375. The topological polar surface area (TPSA) is 104 Å². The molecule has 0 saturated carbocycles. The number of carbonyl (C=O) groups excluding carboxylic acids is 3. The maximum Gasteiger partial charge on any atom is 0.347 e. The number of unbranched alkanes of at least 4 members (excludes halogenated alkanes) is 2. The van der Waals surface area contributed by atoms with Gasteiger partial charge in [-0.05, 0) is 91.2 Å². The molecule has 11 heteroatoms. The zero-order valence-electron chi connectivity index (χ0n) is 23.7. The summed E-state index contributed by atoms with van der Waals surface area (Å²) in [5.74, 6) is -0.594. The van der Waals surface area contributed by atoms with Gasteiger partial charge in [-0.25, -0.2) is 4.79 Å². The summed E-state index contributed by atoms with van der Waals surface area (Å²) in [6.07, 6.45) is 3.79. The Kier molecular flexibility index (Phi) is 11.8. The molecule has 0 aliphatic carbocycles. The number of carbonyl (C=O) groups is 3. The third-order valence-electron chi connectivity index (χ3n) is 6.04. The van der Waals surface area contributed by atoms with Gasteiger partial charge in [0, 0.05) is 17.7 Å². The highest BCUT2D eigenvalue weighted by molar-refractivity contribution is 7.80. The van der Waals surface area contributed by atoms with Gasteiger partial charge in [-0.1, -0.05) is 59.6 Å². The van der Waals surface area contributed by atoms with E-state index in [-0.39, 0.29) is 23.7 Å². The van der Waals surface area contributed by atoms with Gasteiger partial charge in [0.05, 0.1) is 11.4 Å². The van der Waals surface area contributed by atoms with Crippen molar-refractivity contribution in [1.82, 2.24) is 0 Å². The quantitative estimate of drug-likeness (QED) is 0.0474. The summed E-state index contributed by atoms with van der Waals surface area (Å²) in [4.78, 5) is 38.5. The summed E-state index contributed by atoms with van der Waals surface area (Å²) in [6.45, 7) is 3.99. The average Bonchev–Trinajstić information content (AvgIpc) is 3.45. The van der Waals surface area contributed by atoms with Crippen LogP contribution in [0.25, 0.3) is 10.4 Å². The van der Waals surface area contributed by atoms with E-state index in [4.69, 9.17) is 26.4 Å². The van der Waals surface area contributed by atoms with Crippen molar-refractivity contribution in [1.29, 1.82) is 0 Å². The van der Waals surface area contributed by atoms with Crippen molar-refractivity contribution in [2.24, 2.45) is 10.2 Å². The van der Waals surface area contributed by atoms with E-state index in [1.54, 1.807) is 52.8 Å². The van der Waals surface area contributed by atoms with E-state index in [9.17, 15) is 14.4 Å². The van der Waals surface area contributed by atoms with Crippen LogP contribution in [0.3, 0.4) is 0 Å². The van der Waals surface area contributed by atoms with Crippen LogP contribution < -0.4 is 14.2 Å². The van der Waals surface area contributed by atoms with Gasteiger partial charge in [0.15, 0.2) is 0 Å². The van der Waals surface area contributed by atoms with E-state index in [1.807, 2.05) is 32.0 Å². The Labute approximate surface area is 262 Å². The van der Waals surface area contributed by atoms with Gasteiger partial charge in [-0.3, -0.25) is 9.59 Å². The second kappa shape index (κ2) is 16.0. The molecule has 4 aromatic rings. The standard InChI is InChI=1S/C32H30N2O6S3/c1-3-5-7-29(35)38-24-16-11-22(12-17-24)33-34-23-13-18-27(40-30(36)8-6-4-2)26(19-23)32(37)39-25-14-9-21(10-15-25)28-20-31(41)43-42-28/h9-20H,3-8H2,1-2H3/b34-33+. The molecule has 0 N–H and O–H groups in total. The molecule has 4 rings (SSSR count). The molecular formula is C32H30N2O6S3. The van der Waals surface area contributed by atoms with Gasteiger partial charge in [0.2, 0.25) is 0 Å². The molecule has 1 aromatic heterocycles. The first kappa shape index (κ1) is 31.9. The Morgan fingerprint density at radius 2 is 1.28 bits per heavy atom. The Morgan fingerprint density at radius 3 is 1.91 bits per heavy atom. The maximum atomic E-state index is 13.3. The highest BCUT2D eigenvalue weighted by Crippen LogP contribution is 2.32. The predicted octanol–water partition coefficient (Wildman–Crippen LogP) is 10.0. The van der Waals surface area contributed by atoms with Crippen LogP contribution in [0.4, 0.5) is 11.4 Å². The fraction of sp³-hybridized carbons (Fsp3) is 0.250. The number of azo groups is 1. The van der Waals surface area contributed by atoms with Crippen LogP contribution in [0, 0.1) is 3.82 Å². The molecule has 0 saturated heterocycles. The van der Waals surface area contributed by atoms with Crippen molar-refractivity contribution in [3.8, 4) is 27.7 Å². The minimum Gasteiger partial charge on any atom is -0.427 e. The molecule has 0 aliphatic heterocycles. The summed E-state index contributed by atoms with van der Waals surface area (Å²) < 4.78 is 17.3. The second-order valence-corrected chi connectivity index (χ2v) is 12.3. The zero-order valence-corrected chi connectivity index (χ0v) is 26.2. The van der Waals surface area contributed by atoms with E-state index in [0.29, 0.717) is 35.7 Å². The number of esters is 3. The van der Waals surface area contributed by atoms with Crippen molar-refractivity contribution in [3.63, 3.8) is 0 Å². The lowest BCUT2D eigenvalue weighted by molar-refractivity contribution is -0.135. The van der Waals surface area contributed by atoms with E-state index < -0.39 is 11.9 Å². The molecule has 3 aromatic carbocycles. The lowest BCUT2D eigenvalue weighted by Gasteiger charge is -2.11. The molecular weight excluding hydrogens is 605 g/mol. The lowest BCUT2D eigenvalue weighted by Crippen LogP contribution is -2.14. The average molecular weight is 635 g/mol. The molecule has 222 valence electrons. The Hall–Kier alpha value is -4.06. The van der Waals surface area contributed by atoms with Gasteiger partial charge >= 0.3 is 17.9 Å². The molecule has 0 atom stereocenters. The summed E-state index contributed by atoms with van der Waals surface area (Å²) in [7, 11) is 3.11. The zero-order chi connectivity index (χ0) is 30.6. The molecule has 0 spiro atoms. The van der Waals surface area contributed by atoms with Crippen molar-refractivity contribution in [3.05, 3.63) is 82.2 Å². The Bertz CT molecular complexity index is 1640. The number of ether oxygens (including phenoxy) is 3. The molecule has 0 unspecified atom stereocenters. The smallest absolute Gasteiger partial charge is 0.347 e. The first-order chi connectivity index (χ1) is 20.8. The highest BCUT2D eigenvalue weighted by atomic mass is 32.9. The van der Waals surface area contributed by atoms with E-state index in [0.717, 1.165) is 33.5 Å². The predicted molar refractivity (Wildman–Crippen MR) is 171 cm³/mol. The number of hydrogen-bond acceptors (Lipinski definition) is 11. The van der Waals surface area contributed by atoms with Gasteiger partial charge < -0.3 is 14.2 Å². The molecule has 0 fully saturated rings. The van der Waals surface area contributed by atoms with Gasteiger partial charge in [0.25, 0.3) is 0 Å². The van der Waals surface area contributed by atoms with Crippen molar-refractivity contribution >= 4 is 62.2 Å². The van der Waals surface area contributed by atoms with Crippen LogP contribution in [0.5, 0.6) is 17.2 Å². The van der Waals surface area contributed by atoms with Crippen LogP contribution in [-0.2, 0) is 9.59 Å². The highest BCUT2D eigenvalue weighted by Gasteiger charge is 2.19. The molecule has 0 amide bonds. The molecule has 0 bridgehead atoms. The van der Waals surface area contributed by atoms with E-state index in [2.05, 4.69) is 10.2 Å². The van der Waals surface area contributed by atoms with Crippen LogP contribution in [0.1, 0.15) is 62.7 Å². The molecule has 8 nitrogen and oxygen atoms in total. The summed E-state index contributed by atoms with van der Waals surface area (Å²) in [5.41, 5.74) is 1.87.